The highest BCUT2D eigenvalue weighted by molar-refractivity contribution is 7.99. The topological polar surface area (TPSA) is 99.8 Å². The Kier molecular flexibility index (Phi) is 4.51. The first-order valence-electron chi connectivity index (χ1n) is 5.38. The van der Waals surface area contributed by atoms with E-state index in [2.05, 4.69) is 26.0 Å². The van der Waals surface area contributed by atoms with Crippen LogP contribution in [0.1, 0.15) is 0 Å². The number of imide groups is 1. The van der Waals surface area contributed by atoms with Gasteiger partial charge in [-0.2, -0.15) is 10.3 Å². The van der Waals surface area contributed by atoms with Crippen LogP contribution in [0.25, 0.3) is 0 Å². The third-order valence-electron chi connectivity index (χ3n) is 2.03. The van der Waals surface area contributed by atoms with Crippen molar-refractivity contribution >= 4 is 29.4 Å². The number of rotatable bonds is 4. The number of nitrogens with one attached hydrogen (secondary N) is 3. The number of amides is 3. The summed E-state index contributed by atoms with van der Waals surface area (Å²) in [5.74, 6) is -0.309. The van der Waals surface area contributed by atoms with E-state index < -0.39 is 11.9 Å². The number of carbonyl (C=O) groups excluding carboxylic acids is 2. The number of benzene rings is 1. The molecule has 0 saturated heterocycles. The zero-order valence-electron chi connectivity index (χ0n) is 9.79. The Hall–Kier alpha value is -2.35. The van der Waals surface area contributed by atoms with Crippen LogP contribution in [-0.2, 0) is 4.79 Å². The van der Waals surface area contributed by atoms with Crippen LogP contribution in [0.5, 0.6) is 0 Å². The van der Waals surface area contributed by atoms with Gasteiger partial charge in [0.15, 0.2) is 0 Å². The van der Waals surface area contributed by atoms with Gasteiger partial charge in [-0.1, -0.05) is 30.0 Å². The second-order valence-corrected chi connectivity index (χ2v) is 4.46. The van der Waals surface area contributed by atoms with Gasteiger partial charge >= 0.3 is 6.03 Å². The molecule has 2 rings (SSSR count). The molecule has 3 N–H and O–H groups in total. The maximum Gasteiger partial charge on any atom is 0.325 e. The summed E-state index contributed by atoms with van der Waals surface area (Å²) in [6.07, 6.45) is 1.50. The van der Waals surface area contributed by atoms with Crippen molar-refractivity contribution in [2.24, 2.45) is 0 Å². The standard InChI is InChI=1S/C11H11N5O2S/c17-9(7-19-10-6-12-16-15-10)14-11(18)13-8-4-2-1-3-5-8/h1-6H,7H2,(H,12,15,16)(H2,13,14,17,18). The summed E-state index contributed by atoms with van der Waals surface area (Å²) in [4.78, 5) is 23.0. The molecule has 7 nitrogen and oxygen atoms in total. The van der Waals surface area contributed by atoms with Gasteiger partial charge in [-0.3, -0.25) is 10.1 Å². The number of H-pyrrole nitrogens is 1. The fraction of sp³-hybridized carbons (Fsp3) is 0.0909. The van der Waals surface area contributed by atoms with Crippen molar-refractivity contribution in [2.75, 3.05) is 11.1 Å². The van der Waals surface area contributed by atoms with E-state index in [0.717, 1.165) is 0 Å². The van der Waals surface area contributed by atoms with E-state index in [1.165, 1.54) is 18.0 Å². The molecule has 0 atom stereocenters. The van der Waals surface area contributed by atoms with Gasteiger partial charge in [0, 0.05) is 5.69 Å². The molecule has 0 radical (unpaired) electrons. The smallest absolute Gasteiger partial charge is 0.308 e. The van der Waals surface area contributed by atoms with Crippen molar-refractivity contribution < 1.29 is 9.59 Å². The van der Waals surface area contributed by atoms with Crippen LogP contribution in [0.2, 0.25) is 0 Å². The van der Waals surface area contributed by atoms with Crippen molar-refractivity contribution in [3.63, 3.8) is 0 Å². The summed E-state index contributed by atoms with van der Waals surface area (Å²) in [7, 11) is 0. The average Bonchev–Trinajstić information content (AvgIpc) is 2.90. The number of para-hydroxylation sites is 1. The zero-order valence-corrected chi connectivity index (χ0v) is 10.6. The number of nitrogens with zero attached hydrogens (tertiary/aromatic N) is 2. The lowest BCUT2D eigenvalue weighted by Crippen LogP contribution is -2.35. The number of anilines is 1. The van der Waals surface area contributed by atoms with Gasteiger partial charge in [0.25, 0.3) is 0 Å². The third kappa shape index (κ3) is 4.43. The molecule has 0 fully saturated rings. The van der Waals surface area contributed by atoms with E-state index in [9.17, 15) is 9.59 Å². The van der Waals surface area contributed by atoms with Crippen LogP contribution in [0, 0.1) is 0 Å². The van der Waals surface area contributed by atoms with Gasteiger partial charge in [-0.15, -0.1) is 5.10 Å². The van der Waals surface area contributed by atoms with Crippen LogP contribution >= 0.6 is 11.8 Å². The first-order chi connectivity index (χ1) is 9.24. The maximum atomic E-state index is 11.5. The third-order valence-corrected chi connectivity index (χ3v) is 2.93. The van der Waals surface area contributed by atoms with E-state index in [1.807, 2.05) is 6.07 Å². The van der Waals surface area contributed by atoms with Crippen LogP contribution in [0.3, 0.4) is 0 Å². The molecule has 2 aromatic rings. The zero-order chi connectivity index (χ0) is 13.5. The molecule has 0 bridgehead atoms. The highest BCUT2D eigenvalue weighted by atomic mass is 32.2. The molecular formula is C11H11N5O2S. The van der Waals surface area contributed by atoms with Gasteiger partial charge in [-0.05, 0) is 12.1 Å². The summed E-state index contributed by atoms with van der Waals surface area (Å²) in [5.41, 5.74) is 0.622. The van der Waals surface area contributed by atoms with E-state index in [4.69, 9.17) is 0 Å². The largest absolute Gasteiger partial charge is 0.325 e. The fourth-order valence-corrected chi connectivity index (χ4v) is 1.83. The Labute approximate surface area is 113 Å². The number of hydrogen-bond acceptors (Lipinski definition) is 5. The summed E-state index contributed by atoms with van der Waals surface area (Å²) in [5, 5.41) is 15.2. The molecule has 0 saturated carbocycles. The number of aromatic amines is 1. The SMILES string of the molecule is O=C(CSc1cn[nH]n1)NC(=O)Nc1ccccc1. The van der Waals surface area contributed by atoms with Crippen LogP contribution in [0.4, 0.5) is 10.5 Å². The predicted molar refractivity (Wildman–Crippen MR) is 70.7 cm³/mol. The molecule has 3 amide bonds. The Morgan fingerprint density at radius 2 is 2.05 bits per heavy atom. The molecule has 8 heteroatoms. The van der Waals surface area contributed by atoms with Crippen molar-refractivity contribution in [1.29, 1.82) is 0 Å². The van der Waals surface area contributed by atoms with E-state index in [0.29, 0.717) is 10.7 Å². The lowest BCUT2D eigenvalue weighted by molar-refractivity contribution is -0.117. The van der Waals surface area contributed by atoms with Crippen LogP contribution in [0.15, 0.2) is 41.6 Å². The Morgan fingerprint density at radius 3 is 2.74 bits per heavy atom. The fourth-order valence-electron chi connectivity index (χ4n) is 1.25. The van der Waals surface area contributed by atoms with E-state index >= 15 is 0 Å². The quantitative estimate of drug-likeness (QED) is 0.730. The summed E-state index contributed by atoms with van der Waals surface area (Å²) in [6, 6.07) is 8.32. The second-order valence-electron chi connectivity index (χ2n) is 3.47. The lowest BCUT2D eigenvalue weighted by Gasteiger charge is -2.05. The van der Waals surface area contributed by atoms with E-state index in [1.54, 1.807) is 24.3 Å². The maximum absolute atomic E-state index is 11.5. The molecule has 1 heterocycles. The first kappa shape index (κ1) is 13.1. The average molecular weight is 277 g/mol. The predicted octanol–water partition coefficient (Wildman–Crippen LogP) is 1.25. The molecule has 19 heavy (non-hydrogen) atoms. The first-order valence-corrected chi connectivity index (χ1v) is 6.37. The molecule has 0 unspecified atom stereocenters. The van der Waals surface area contributed by atoms with Crippen LogP contribution in [-0.4, -0.2) is 33.1 Å². The molecule has 1 aromatic heterocycles. The number of carbonyl (C=O) groups is 2. The molecule has 1 aromatic carbocycles. The number of urea groups is 1. The molecule has 0 aliphatic rings. The number of hydrogen-bond donors (Lipinski definition) is 3. The number of thioether (sulfide) groups is 1. The monoisotopic (exact) mass is 277 g/mol. The Bertz CT molecular complexity index is 543. The summed E-state index contributed by atoms with van der Waals surface area (Å²) < 4.78 is 0. The second kappa shape index (κ2) is 6.55. The Morgan fingerprint density at radius 1 is 1.26 bits per heavy atom. The highest BCUT2D eigenvalue weighted by Gasteiger charge is 2.09. The minimum Gasteiger partial charge on any atom is -0.308 e. The molecular weight excluding hydrogens is 266 g/mol. The highest BCUT2D eigenvalue weighted by Crippen LogP contribution is 2.11. The van der Waals surface area contributed by atoms with Gasteiger partial charge in [0.1, 0.15) is 5.03 Å². The summed E-state index contributed by atoms with van der Waals surface area (Å²) >= 11 is 1.19. The van der Waals surface area contributed by atoms with Gasteiger partial charge < -0.3 is 5.32 Å². The minimum absolute atomic E-state index is 0.0920. The van der Waals surface area contributed by atoms with Crippen molar-refractivity contribution in [1.82, 2.24) is 20.7 Å². The van der Waals surface area contributed by atoms with Gasteiger partial charge in [0.05, 0.1) is 11.9 Å². The lowest BCUT2D eigenvalue weighted by atomic mass is 10.3. The van der Waals surface area contributed by atoms with Crippen molar-refractivity contribution in [3.05, 3.63) is 36.5 Å². The van der Waals surface area contributed by atoms with E-state index in [-0.39, 0.29) is 5.75 Å². The van der Waals surface area contributed by atoms with Gasteiger partial charge in [0.2, 0.25) is 5.91 Å². The normalized spacial score (nSPS) is 9.89. The Balaban J connectivity index is 1.74. The molecule has 0 spiro atoms. The molecule has 0 aliphatic heterocycles. The van der Waals surface area contributed by atoms with Gasteiger partial charge in [-0.25, -0.2) is 4.79 Å². The van der Waals surface area contributed by atoms with Crippen molar-refractivity contribution in [3.8, 4) is 0 Å². The molecule has 0 aliphatic carbocycles. The van der Waals surface area contributed by atoms with Crippen molar-refractivity contribution in [2.45, 2.75) is 5.03 Å². The van der Waals surface area contributed by atoms with Crippen LogP contribution < -0.4 is 10.6 Å². The minimum atomic E-state index is -0.558. The molecule has 98 valence electrons. The summed E-state index contributed by atoms with van der Waals surface area (Å²) in [6.45, 7) is 0. The number of aromatic nitrogens is 3.